The second-order valence-corrected chi connectivity index (χ2v) is 7.19. The minimum Gasteiger partial charge on any atom is -0.381 e. The van der Waals surface area contributed by atoms with E-state index in [0.717, 1.165) is 32.3 Å². The van der Waals surface area contributed by atoms with Gasteiger partial charge in [0.2, 0.25) is 0 Å². The Bertz CT molecular complexity index is 364. The minimum atomic E-state index is 0. The second-order valence-electron chi connectivity index (χ2n) is 7.19. The van der Waals surface area contributed by atoms with Crippen molar-refractivity contribution >= 4 is 29.9 Å². The van der Waals surface area contributed by atoms with Crippen molar-refractivity contribution in [2.24, 2.45) is 10.9 Å². The van der Waals surface area contributed by atoms with Crippen molar-refractivity contribution in [2.45, 2.75) is 44.1 Å². The quantitative estimate of drug-likeness (QED) is 0.407. The lowest BCUT2D eigenvalue weighted by atomic mass is 9.80. The van der Waals surface area contributed by atoms with Crippen LogP contribution in [0.3, 0.4) is 0 Å². The summed E-state index contributed by atoms with van der Waals surface area (Å²) in [5, 5.41) is 3.63. The van der Waals surface area contributed by atoms with Gasteiger partial charge in [0.1, 0.15) is 0 Å². The fourth-order valence-electron chi connectivity index (χ4n) is 3.82. The van der Waals surface area contributed by atoms with Gasteiger partial charge in [-0.2, -0.15) is 0 Å². The molecule has 2 rings (SSSR count). The number of nitrogens with zero attached hydrogens (tertiary/aromatic N) is 3. The third-order valence-corrected chi connectivity index (χ3v) is 5.44. The normalized spacial score (nSPS) is 24.4. The number of hydrogen-bond donors (Lipinski definition) is 1. The molecule has 1 N–H and O–H groups in total. The molecule has 0 radical (unpaired) electrons. The predicted octanol–water partition coefficient (Wildman–Crippen LogP) is 2.41. The zero-order chi connectivity index (χ0) is 16.0. The molecular weight excluding hydrogens is 403 g/mol. The highest BCUT2D eigenvalue weighted by molar-refractivity contribution is 14.0. The third-order valence-electron chi connectivity index (χ3n) is 5.44. The molecular formula is C17H35IN4O. The SMILES string of the molecule is CN=C(NCC1(N(C)C)CCCCC1)N(C)CC1CCOC1.I. The maximum Gasteiger partial charge on any atom is 0.193 e. The summed E-state index contributed by atoms with van der Waals surface area (Å²) in [6.45, 7) is 3.81. The number of halogens is 1. The summed E-state index contributed by atoms with van der Waals surface area (Å²) in [6.07, 6.45) is 7.80. The van der Waals surface area contributed by atoms with Crippen LogP contribution in [-0.2, 0) is 4.74 Å². The molecule has 0 aromatic heterocycles. The average Bonchev–Trinajstić information content (AvgIpc) is 3.01. The molecule has 0 amide bonds. The van der Waals surface area contributed by atoms with Crippen LogP contribution in [0.1, 0.15) is 38.5 Å². The summed E-state index contributed by atoms with van der Waals surface area (Å²) in [5.41, 5.74) is 0.283. The van der Waals surface area contributed by atoms with Crippen LogP contribution in [0.4, 0.5) is 0 Å². The van der Waals surface area contributed by atoms with Gasteiger partial charge in [0, 0.05) is 45.2 Å². The van der Waals surface area contributed by atoms with Crippen LogP contribution in [0.15, 0.2) is 4.99 Å². The number of hydrogen-bond acceptors (Lipinski definition) is 3. The average molecular weight is 438 g/mol. The molecule has 2 aliphatic rings. The highest BCUT2D eigenvalue weighted by Crippen LogP contribution is 2.31. The Labute approximate surface area is 159 Å². The summed E-state index contributed by atoms with van der Waals surface area (Å²) in [4.78, 5) is 9.15. The molecule has 1 aliphatic carbocycles. The van der Waals surface area contributed by atoms with Crippen molar-refractivity contribution < 1.29 is 4.74 Å². The van der Waals surface area contributed by atoms with Gasteiger partial charge in [0.05, 0.1) is 6.61 Å². The first-order valence-corrected chi connectivity index (χ1v) is 8.74. The van der Waals surface area contributed by atoms with Crippen molar-refractivity contribution in [3.05, 3.63) is 0 Å². The standard InChI is InChI=1S/C17H34N4O.HI/c1-18-16(21(4)12-15-8-11-22-13-15)19-14-17(20(2)3)9-6-5-7-10-17;/h15H,5-14H2,1-4H3,(H,18,19);1H. The van der Waals surface area contributed by atoms with Crippen LogP contribution >= 0.6 is 24.0 Å². The van der Waals surface area contributed by atoms with E-state index in [2.05, 4.69) is 41.3 Å². The number of aliphatic imine (C=N–C) groups is 1. The Kier molecular flexibility index (Phi) is 9.15. The topological polar surface area (TPSA) is 40.1 Å². The van der Waals surface area contributed by atoms with Gasteiger partial charge in [-0.3, -0.25) is 4.99 Å². The monoisotopic (exact) mass is 438 g/mol. The zero-order valence-electron chi connectivity index (χ0n) is 15.3. The van der Waals surface area contributed by atoms with Gasteiger partial charge in [-0.15, -0.1) is 24.0 Å². The molecule has 1 saturated carbocycles. The zero-order valence-corrected chi connectivity index (χ0v) is 17.6. The summed E-state index contributed by atoms with van der Waals surface area (Å²) in [7, 11) is 8.45. The summed E-state index contributed by atoms with van der Waals surface area (Å²) >= 11 is 0. The number of guanidine groups is 1. The molecule has 0 aromatic carbocycles. The Morgan fingerprint density at radius 3 is 2.43 bits per heavy atom. The van der Waals surface area contributed by atoms with Crippen molar-refractivity contribution in [1.82, 2.24) is 15.1 Å². The predicted molar refractivity (Wildman–Crippen MR) is 108 cm³/mol. The van der Waals surface area contributed by atoms with Gasteiger partial charge < -0.3 is 19.9 Å². The third kappa shape index (κ3) is 5.74. The Morgan fingerprint density at radius 1 is 1.22 bits per heavy atom. The number of rotatable bonds is 5. The number of ether oxygens (including phenoxy) is 1. The van der Waals surface area contributed by atoms with E-state index in [1.165, 1.54) is 38.5 Å². The molecule has 1 aliphatic heterocycles. The van der Waals surface area contributed by atoms with Gasteiger partial charge in [-0.25, -0.2) is 0 Å². The van der Waals surface area contributed by atoms with E-state index < -0.39 is 0 Å². The first-order chi connectivity index (χ1) is 10.6. The molecule has 0 aromatic rings. The highest BCUT2D eigenvalue weighted by Gasteiger charge is 2.34. The molecule has 1 atom stereocenters. The summed E-state index contributed by atoms with van der Waals surface area (Å²) < 4.78 is 5.48. The molecule has 1 saturated heterocycles. The summed E-state index contributed by atoms with van der Waals surface area (Å²) in [6, 6.07) is 0. The van der Waals surface area contributed by atoms with Crippen LogP contribution < -0.4 is 5.32 Å². The molecule has 1 unspecified atom stereocenters. The van der Waals surface area contributed by atoms with E-state index in [9.17, 15) is 0 Å². The van der Waals surface area contributed by atoms with Crippen molar-refractivity contribution in [1.29, 1.82) is 0 Å². The van der Waals surface area contributed by atoms with E-state index in [-0.39, 0.29) is 29.5 Å². The molecule has 1 heterocycles. The molecule has 136 valence electrons. The maximum atomic E-state index is 5.48. The van der Waals surface area contributed by atoms with Gasteiger partial charge >= 0.3 is 0 Å². The maximum absolute atomic E-state index is 5.48. The van der Waals surface area contributed by atoms with Gasteiger partial charge in [-0.1, -0.05) is 19.3 Å². The summed E-state index contributed by atoms with van der Waals surface area (Å²) in [5.74, 6) is 1.65. The number of nitrogens with one attached hydrogen (secondary N) is 1. The Balaban J connectivity index is 0.00000264. The highest BCUT2D eigenvalue weighted by atomic mass is 127. The molecule has 6 heteroatoms. The molecule has 0 spiro atoms. The smallest absolute Gasteiger partial charge is 0.193 e. The van der Waals surface area contributed by atoms with Gasteiger partial charge in [-0.05, 0) is 33.4 Å². The van der Waals surface area contributed by atoms with Crippen LogP contribution in [0.25, 0.3) is 0 Å². The van der Waals surface area contributed by atoms with E-state index in [1.54, 1.807) is 0 Å². The second kappa shape index (κ2) is 10.0. The molecule has 2 fully saturated rings. The minimum absolute atomic E-state index is 0. The molecule has 5 nitrogen and oxygen atoms in total. The van der Waals surface area contributed by atoms with Crippen molar-refractivity contribution in [3.8, 4) is 0 Å². The Hall–Kier alpha value is -0.0800. The fraction of sp³-hybridized carbons (Fsp3) is 0.941. The van der Waals surface area contributed by atoms with E-state index >= 15 is 0 Å². The van der Waals surface area contributed by atoms with Crippen LogP contribution in [0.5, 0.6) is 0 Å². The lowest BCUT2D eigenvalue weighted by Crippen LogP contribution is -2.55. The molecule has 0 bridgehead atoms. The van der Waals surface area contributed by atoms with Crippen LogP contribution in [0, 0.1) is 5.92 Å². The lowest BCUT2D eigenvalue weighted by Gasteiger charge is -2.43. The number of likely N-dealkylation sites (N-methyl/N-ethyl adjacent to an activating group) is 1. The first kappa shape index (κ1) is 21.0. The van der Waals surface area contributed by atoms with Crippen LogP contribution in [0.2, 0.25) is 0 Å². The molecule has 23 heavy (non-hydrogen) atoms. The van der Waals surface area contributed by atoms with Crippen molar-refractivity contribution in [3.63, 3.8) is 0 Å². The van der Waals surface area contributed by atoms with Crippen molar-refractivity contribution in [2.75, 3.05) is 54.5 Å². The van der Waals surface area contributed by atoms with Crippen LogP contribution in [-0.4, -0.2) is 75.8 Å². The lowest BCUT2D eigenvalue weighted by molar-refractivity contribution is 0.103. The van der Waals surface area contributed by atoms with Gasteiger partial charge in [0.25, 0.3) is 0 Å². The van der Waals surface area contributed by atoms with E-state index in [0.29, 0.717) is 5.92 Å². The van der Waals surface area contributed by atoms with E-state index in [4.69, 9.17) is 4.74 Å². The fourth-order valence-corrected chi connectivity index (χ4v) is 3.82. The Morgan fingerprint density at radius 2 is 1.91 bits per heavy atom. The van der Waals surface area contributed by atoms with Gasteiger partial charge in [0.15, 0.2) is 5.96 Å². The largest absolute Gasteiger partial charge is 0.381 e. The first-order valence-electron chi connectivity index (χ1n) is 8.74. The van der Waals surface area contributed by atoms with E-state index in [1.807, 2.05) is 7.05 Å².